The van der Waals surface area contributed by atoms with Gasteiger partial charge in [0.1, 0.15) is 0 Å². The maximum atomic E-state index is 4.17. The van der Waals surface area contributed by atoms with Crippen LogP contribution in [0.4, 0.5) is 0 Å². The molecule has 1 nitrogen and oxygen atoms in total. The third kappa shape index (κ3) is 4.02. The van der Waals surface area contributed by atoms with Crippen molar-refractivity contribution in [1.82, 2.24) is 4.40 Å². The Labute approximate surface area is 308 Å². The van der Waals surface area contributed by atoms with Crippen LogP contribution in [0.25, 0.3) is 76.3 Å². The molecule has 11 rings (SSSR count). The minimum Gasteiger partial charge on any atom is -0.308 e. The topological polar surface area (TPSA) is 4.41 Å². The number of aromatic nitrogens is 1. The highest BCUT2D eigenvalue weighted by Gasteiger charge is 2.47. The van der Waals surface area contributed by atoms with Crippen molar-refractivity contribution < 1.29 is 0 Å². The molecule has 10 aromatic rings. The maximum Gasteiger partial charge on any atom is 0.0713 e. The number of fused-ring (bicyclic) bond motifs is 9. The second-order valence-corrected chi connectivity index (χ2v) is 14.4. The van der Waals surface area contributed by atoms with Crippen LogP contribution in [-0.4, -0.2) is 4.40 Å². The number of allylic oxidation sites excluding steroid dienone is 5. The number of hydrogen-bond donors (Lipinski definition) is 0. The molecule has 8 aromatic carbocycles. The monoisotopic (exact) mass is 673 g/mol. The van der Waals surface area contributed by atoms with Crippen LogP contribution in [0.2, 0.25) is 0 Å². The van der Waals surface area contributed by atoms with Crippen molar-refractivity contribution in [3.8, 4) is 11.1 Å². The van der Waals surface area contributed by atoms with Crippen molar-refractivity contribution in [3.63, 3.8) is 0 Å². The number of rotatable bonds is 4. The Kier molecular flexibility index (Phi) is 6.31. The van der Waals surface area contributed by atoms with Crippen LogP contribution in [0.3, 0.4) is 0 Å². The Bertz CT molecular complexity index is 3050. The first kappa shape index (κ1) is 30.0. The number of benzene rings is 8. The van der Waals surface area contributed by atoms with E-state index in [2.05, 4.69) is 194 Å². The smallest absolute Gasteiger partial charge is 0.0713 e. The first-order chi connectivity index (χ1) is 26.2. The van der Waals surface area contributed by atoms with Crippen LogP contribution in [0.5, 0.6) is 0 Å². The minimum absolute atomic E-state index is 0.473. The number of nitrogens with zero attached hydrogens (tertiary/aromatic N) is 1. The van der Waals surface area contributed by atoms with Crippen LogP contribution < -0.4 is 0 Å². The van der Waals surface area contributed by atoms with E-state index in [1.165, 1.54) is 104 Å². The van der Waals surface area contributed by atoms with E-state index >= 15 is 0 Å². The average Bonchev–Trinajstić information content (AvgIpc) is 3.81. The third-order valence-corrected chi connectivity index (χ3v) is 11.9. The van der Waals surface area contributed by atoms with Gasteiger partial charge in [-0.2, -0.15) is 0 Å². The van der Waals surface area contributed by atoms with E-state index in [0.29, 0.717) is 0 Å². The second-order valence-electron chi connectivity index (χ2n) is 14.4. The van der Waals surface area contributed by atoms with Gasteiger partial charge in [0, 0.05) is 21.5 Å². The van der Waals surface area contributed by atoms with Crippen molar-refractivity contribution in [2.75, 3.05) is 0 Å². The predicted molar refractivity (Wildman–Crippen MR) is 226 cm³/mol. The molecule has 0 saturated heterocycles. The molecule has 1 heteroatoms. The van der Waals surface area contributed by atoms with Gasteiger partial charge < -0.3 is 4.40 Å². The Morgan fingerprint density at radius 2 is 1.04 bits per heavy atom. The quantitative estimate of drug-likeness (QED) is 0.175. The standard InChI is InChI=1S/C52H35N/c1-3-14-47-41(4-2)42-21-12-13-22-48(42)52(47,39-19-6-5-7-20-39)40-25-23-33(24-26-40)38-29-45-43-27-34-15-8-10-17-36(34)31-49(43)53-50-32-37-18-11-9-16-35(37)28-44(50)46(30-38)51(45)53/h3-32H,1H2,2H3/b41-4-,47-14?. The molecule has 0 bridgehead atoms. The molecule has 1 atom stereocenters. The van der Waals surface area contributed by atoms with Gasteiger partial charge in [-0.25, -0.2) is 0 Å². The Morgan fingerprint density at radius 3 is 1.62 bits per heavy atom. The van der Waals surface area contributed by atoms with Gasteiger partial charge >= 0.3 is 0 Å². The summed E-state index contributed by atoms with van der Waals surface area (Å²) in [6.07, 6.45) is 6.41. The molecule has 1 aliphatic rings. The van der Waals surface area contributed by atoms with Gasteiger partial charge in [-0.15, -0.1) is 0 Å². The lowest BCUT2D eigenvalue weighted by Gasteiger charge is -2.34. The molecule has 0 spiro atoms. The Hall–Kier alpha value is -6.70. The zero-order valence-corrected chi connectivity index (χ0v) is 29.5. The zero-order chi connectivity index (χ0) is 35.3. The second kappa shape index (κ2) is 11.1. The van der Waals surface area contributed by atoms with E-state index in [0.717, 1.165) is 0 Å². The van der Waals surface area contributed by atoms with E-state index in [1.807, 2.05) is 6.08 Å². The van der Waals surface area contributed by atoms with E-state index in [9.17, 15) is 0 Å². The molecule has 0 amide bonds. The lowest BCUT2D eigenvalue weighted by Crippen LogP contribution is -2.28. The van der Waals surface area contributed by atoms with Crippen LogP contribution in [0.1, 0.15) is 29.2 Å². The summed E-state index contributed by atoms with van der Waals surface area (Å²) >= 11 is 0. The fourth-order valence-corrected chi connectivity index (χ4v) is 9.65. The lowest BCUT2D eigenvalue weighted by atomic mass is 9.67. The van der Waals surface area contributed by atoms with Gasteiger partial charge in [0.2, 0.25) is 0 Å². The molecular weight excluding hydrogens is 639 g/mol. The maximum absolute atomic E-state index is 4.17. The van der Waals surface area contributed by atoms with Gasteiger partial charge in [0.15, 0.2) is 0 Å². The summed E-state index contributed by atoms with van der Waals surface area (Å²) in [5.74, 6) is 0. The lowest BCUT2D eigenvalue weighted by molar-refractivity contribution is 0.769. The molecule has 1 aliphatic carbocycles. The van der Waals surface area contributed by atoms with E-state index in [4.69, 9.17) is 0 Å². The van der Waals surface area contributed by atoms with Crippen molar-refractivity contribution in [2.45, 2.75) is 12.3 Å². The van der Waals surface area contributed by atoms with Gasteiger partial charge in [0.05, 0.1) is 22.0 Å². The summed E-state index contributed by atoms with van der Waals surface area (Å²) in [7, 11) is 0. The molecule has 0 radical (unpaired) electrons. The normalized spacial score (nSPS) is 17.4. The van der Waals surface area contributed by atoms with E-state index in [-0.39, 0.29) is 0 Å². The molecule has 248 valence electrons. The van der Waals surface area contributed by atoms with Crippen LogP contribution in [0.15, 0.2) is 194 Å². The van der Waals surface area contributed by atoms with E-state index in [1.54, 1.807) is 0 Å². The highest BCUT2D eigenvalue weighted by Crippen LogP contribution is 2.57. The van der Waals surface area contributed by atoms with Gasteiger partial charge in [-0.05, 0) is 109 Å². The fraction of sp³-hybridized carbons (Fsp3) is 0.0385. The van der Waals surface area contributed by atoms with Gasteiger partial charge in [-0.1, -0.05) is 152 Å². The molecule has 2 heterocycles. The van der Waals surface area contributed by atoms with Crippen molar-refractivity contribution >= 4 is 65.2 Å². The van der Waals surface area contributed by atoms with Crippen molar-refractivity contribution in [2.24, 2.45) is 0 Å². The predicted octanol–water partition coefficient (Wildman–Crippen LogP) is 13.7. The highest BCUT2D eigenvalue weighted by atomic mass is 14.9. The molecule has 1 unspecified atom stereocenters. The van der Waals surface area contributed by atoms with Crippen LogP contribution >= 0.6 is 0 Å². The first-order valence-corrected chi connectivity index (χ1v) is 18.5. The van der Waals surface area contributed by atoms with Gasteiger partial charge in [-0.3, -0.25) is 0 Å². The number of hydrogen-bond acceptors (Lipinski definition) is 0. The molecule has 0 fully saturated rings. The van der Waals surface area contributed by atoms with Crippen LogP contribution in [0, 0.1) is 0 Å². The SMILES string of the molecule is C=CC=C1/C(=C\C)c2ccccc2C1(c1ccccc1)c1ccc(-c2cc3c4cc5ccccc5cc4n4c5cc6ccccc6cc5c(c2)c34)cc1. The average molecular weight is 674 g/mol. The van der Waals surface area contributed by atoms with Crippen molar-refractivity contribution in [1.29, 1.82) is 0 Å². The Morgan fingerprint density at radius 1 is 0.509 bits per heavy atom. The summed E-state index contributed by atoms with van der Waals surface area (Å²) in [6, 6.07) is 61.1. The molecule has 0 aliphatic heterocycles. The van der Waals surface area contributed by atoms with Crippen LogP contribution in [-0.2, 0) is 5.41 Å². The minimum atomic E-state index is -0.473. The first-order valence-electron chi connectivity index (χ1n) is 18.5. The molecule has 2 aromatic heterocycles. The van der Waals surface area contributed by atoms with E-state index < -0.39 is 5.41 Å². The van der Waals surface area contributed by atoms with Gasteiger partial charge in [0.25, 0.3) is 0 Å². The summed E-state index contributed by atoms with van der Waals surface area (Å²) in [5.41, 5.74) is 13.4. The summed E-state index contributed by atoms with van der Waals surface area (Å²) in [4.78, 5) is 0. The molecule has 0 saturated carbocycles. The molecule has 0 N–H and O–H groups in total. The zero-order valence-electron chi connectivity index (χ0n) is 29.5. The highest BCUT2D eigenvalue weighted by molar-refractivity contribution is 6.27. The summed E-state index contributed by atoms with van der Waals surface area (Å²) in [5, 5.41) is 10.2. The summed E-state index contributed by atoms with van der Waals surface area (Å²) in [6.45, 7) is 6.32. The fourth-order valence-electron chi connectivity index (χ4n) is 9.65. The Balaban J connectivity index is 1.18. The summed E-state index contributed by atoms with van der Waals surface area (Å²) < 4.78 is 2.51. The molecular formula is C52H35N. The molecule has 53 heavy (non-hydrogen) atoms. The third-order valence-electron chi connectivity index (χ3n) is 11.9. The largest absolute Gasteiger partial charge is 0.308 e. The van der Waals surface area contributed by atoms with Crippen molar-refractivity contribution in [3.05, 3.63) is 216 Å².